The first kappa shape index (κ1) is 12.3. The fraction of sp³-hybridized carbons (Fsp3) is 0.875. The Hall–Kier alpha value is -0.820. The molecule has 88 valence electrons. The topological polar surface area (TPSA) is 69.6 Å². The number of aliphatic carboxylic acids is 1. The van der Waals surface area contributed by atoms with E-state index in [4.69, 9.17) is 10.2 Å². The highest BCUT2D eigenvalue weighted by molar-refractivity contribution is 5.74. The number of nitrogens with one attached hydrogen (secondary N) is 1. The molecule has 0 amide bonds. The molecule has 0 aliphatic heterocycles. The van der Waals surface area contributed by atoms with Crippen molar-refractivity contribution >= 4 is 5.97 Å². The molecule has 0 heterocycles. The van der Waals surface area contributed by atoms with Gasteiger partial charge in [0, 0.05) is 6.54 Å². The van der Waals surface area contributed by atoms with E-state index in [1.165, 1.54) is 0 Å². The Balaban J connectivity index is 2.37. The van der Waals surface area contributed by atoms with E-state index >= 15 is 0 Å². The molecular formula is C8H12F3NO3. The van der Waals surface area contributed by atoms with Gasteiger partial charge in [-0.25, -0.2) is 0 Å². The van der Waals surface area contributed by atoms with Crippen LogP contribution in [0.3, 0.4) is 0 Å². The fourth-order valence-electron chi connectivity index (χ4n) is 1.24. The van der Waals surface area contributed by atoms with Crippen molar-refractivity contribution < 1.29 is 28.2 Å². The standard InChI is InChI=1S/C8H12F3NO3/c9-8(10,11)5(13)3-12-6(7(14)15)4-1-2-4/h4-6,12-13H,1-3H2,(H,14,15). The Morgan fingerprint density at radius 2 is 2.00 bits per heavy atom. The summed E-state index contributed by atoms with van der Waals surface area (Å²) in [5.41, 5.74) is 0. The van der Waals surface area contributed by atoms with Crippen molar-refractivity contribution in [3.05, 3.63) is 0 Å². The third-order valence-corrected chi connectivity index (χ3v) is 2.27. The van der Waals surface area contributed by atoms with E-state index in [1.807, 2.05) is 0 Å². The minimum atomic E-state index is -4.71. The molecule has 1 aliphatic rings. The van der Waals surface area contributed by atoms with Crippen molar-refractivity contribution in [2.24, 2.45) is 5.92 Å². The zero-order chi connectivity index (χ0) is 11.6. The van der Waals surface area contributed by atoms with Gasteiger partial charge in [0.05, 0.1) is 0 Å². The zero-order valence-corrected chi connectivity index (χ0v) is 7.79. The number of aliphatic hydroxyl groups is 1. The maximum absolute atomic E-state index is 11.9. The lowest BCUT2D eigenvalue weighted by Crippen LogP contribution is -2.46. The van der Waals surface area contributed by atoms with Crippen LogP contribution < -0.4 is 5.32 Å². The van der Waals surface area contributed by atoms with Crippen molar-refractivity contribution in [1.82, 2.24) is 5.32 Å². The first-order valence-corrected chi connectivity index (χ1v) is 4.53. The molecule has 2 unspecified atom stereocenters. The van der Waals surface area contributed by atoms with E-state index in [0.717, 1.165) is 0 Å². The molecule has 0 aromatic rings. The summed E-state index contributed by atoms with van der Waals surface area (Å²) in [7, 11) is 0. The normalized spacial score (nSPS) is 21.1. The number of rotatable bonds is 5. The lowest BCUT2D eigenvalue weighted by Gasteiger charge is -2.18. The minimum absolute atomic E-state index is 0.108. The lowest BCUT2D eigenvalue weighted by atomic mass is 10.2. The van der Waals surface area contributed by atoms with Crippen molar-refractivity contribution in [2.75, 3.05) is 6.54 Å². The van der Waals surface area contributed by atoms with Crippen molar-refractivity contribution in [3.8, 4) is 0 Å². The van der Waals surface area contributed by atoms with Crippen LogP contribution in [0.2, 0.25) is 0 Å². The van der Waals surface area contributed by atoms with Gasteiger partial charge in [-0.05, 0) is 18.8 Å². The summed E-state index contributed by atoms with van der Waals surface area (Å²) in [5.74, 6) is -1.28. The predicted octanol–water partition coefficient (Wildman–Crippen LogP) is 0.362. The van der Waals surface area contributed by atoms with Crippen LogP contribution in [0, 0.1) is 5.92 Å². The largest absolute Gasteiger partial charge is 0.480 e. The van der Waals surface area contributed by atoms with Crippen LogP contribution in [0.5, 0.6) is 0 Å². The maximum atomic E-state index is 11.9. The summed E-state index contributed by atoms with van der Waals surface area (Å²) in [6.07, 6.45) is -5.82. The van der Waals surface area contributed by atoms with E-state index in [0.29, 0.717) is 12.8 Å². The quantitative estimate of drug-likeness (QED) is 0.634. The third-order valence-electron chi connectivity index (χ3n) is 2.27. The third kappa shape index (κ3) is 3.67. The minimum Gasteiger partial charge on any atom is -0.480 e. The number of hydrogen-bond acceptors (Lipinski definition) is 3. The van der Waals surface area contributed by atoms with E-state index in [1.54, 1.807) is 0 Å². The molecule has 0 aromatic heterocycles. The highest BCUT2D eigenvalue weighted by atomic mass is 19.4. The Morgan fingerprint density at radius 1 is 1.47 bits per heavy atom. The van der Waals surface area contributed by atoms with Gasteiger partial charge in [-0.3, -0.25) is 4.79 Å². The number of alkyl halides is 3. The number of carbonyl (C=O) groups is 1. The van der Waals surface area contributed by atoms with Gasteiger partial charge in [-0.1, -0.05) is 0 Å². The molecule has 2 atom stereocenters. The van der Waals surface area contributed by atoms with Gasteiger partial charge in [0.15, 0.2) is 6.10 Å². The zero-order valence-electron chi connectivity index (χ0n) is 7.79. The number of halogens is 3. The Labute approximate surface area is 84.1 Å². The van der Waals surface area contributed by atoms with Gasteiger partial charge in [0.2, 0.25) is 0 Å². The molecule has 1 saturated carbocycles. The summed E-state index contributed by atoms with van der Waals surface area (Å²) < 4.78 is 35.6. The Bertz CT molecular complexity index is 240. The molecule has 15 heavy (non-hydrogen) atoms. The van der Waals surface area contributed by atoms with Gasteiger partial charge in [0.1, 0.15) is 6.04 Å². The summed E-state index contributed by atoms with van der Waals surface area (Å²) in [5, 5.41) is 19.5. The van der Waals surface area contributed by atoms with E-state index in [-0.39, 0.29) is 5.92 Å². The summed E-state index contributed by atoms with van der Waals surface area (Å²) >= 11 is 0. The van der Waals surface area contributed by atoms with E-state index < -0.39 is 30.8 Å². The highest BCUT2D eigenvalue weighted by Crippen LogP contribution is 2.32. The molecular weight excluding hydrogens is 215 g/mol. The molecule has 0 aromatic carbocycles. The Kier molecular flexibility index (Phi) is 3.56. The second kappa shape index (κ2) is 4.36. The number of aliphatic hydroxyl groups excluding tert-OH is 1. The van der Waals surface area contributed by atoms with E-state index in [9.17, 15) is 18.0 Å². The molecule has 1 rings (SSSR count). The number of hydrogen-bond donors (Lipinski definition) is 3. The molecule has 4 nitrogen and oxygen atoms in total. The monoisotopic (exact) mass is 227 g/mol. The highest BCUT2D eigenvalue weighted by Gasteiger charge is 2.41. The molecule has 0 bridgehead atoms. The second-order valence-corrected chi connectivity index (χ2v) is 3.62. The van der Waals surface area contributed by atoms with Crippen molar-refractivity contribution in [2.45, 2.75) is 31.2 Å². The second-order valence-electron chi connectivity index (χ2n) is 3.62. The van der Waals surface area contributed by atoms with E-state index in [2.05, 4.69) is 5.32 Å². The van der Waals surface area contributed by atoms with Gasteiger partial charge < -0.3 is 15.5 Å². The average molecular weight is 227 g/mol. The summed E-state index contributed by atoms with van der Waals surface area (Å²) in [6.45, 7) is -0.781. The number of carboxylic acids is 1. The maximum Gasteiger partial charge on any atom is 0.415 e. The molecule has 1 aliphatic carbocycles. The smallest absolute Gasteiger partial charge is 0.415 e. The molecule has 7 heteroatoms. The van der Waals surface area contributed by atoms with Gasteiger partial charge in [-0.2, -0.15) is 13.2 Å². The first-order chi connectivity index (χ1) is 6.82. The lowest BCUT2D eigenvalue weighted by molar-refractivity contribution is -0.202. The van der Waals surface area contributed by atoms with Gasteiger partial charge in [-0.15, -0.1) is 0 Å². The molecule has 0 saturated heterocycles. The SMILES string of the molecule is O=C(O)C(NCC(O)C(F)(F)F)C1CC1. The van der Waals surface area contributed by atoms with Crippen molar-refractivity contribution in [3.63, 3.8) is 0 Å². The van der Waals surface area contributed by atoms with Crippen LogP contribution in [-0.2, 0) is 4.79 Å². The molecule has 1 fully saturated rings. The molecule has 3 N–H and O–H groups in total. The van der Waals surface area contributed by atoms with Crippen LogP contribution in [0.25, 0.3) is 0 Å². The molecule has 0 spiro atoms. The first-order valence-electron chi connectivity index (χ1n) is 4.53. The van der Waals surface area contributed by atoms with Gasteiger partial charge >= 0.3 is 12.1 Å². The summed E-state index contributed by atoms with van der Waals surface area (Å²) in [6, 6.07) is -0.984. The van der Waals surface area contributed by atoms with Crippen LogP contribution in [0.1, 0.15) is 12.8 Å². The van der Waals surface area contributed by atoms with Gasteiger partial charge in [0.25, 0.3) is 0 Å². The van der Waals surface area contributed by atoms with Crippen LogP contribution in [0.15, 0.2) is 0 Å². The summed E-state index contributed by atoms with van der Waals surface area (Å²) in [4.78, 5) is 10.6. The predicted molar refractivity (Wildman–Crippen MR) is 44.2 cm³/mol. The number of carboxylic acid groups (broad SMARTS) is 1. The Morgan fingerprint density at radius 3 is 2.33 bits per heavy atom. The van der Waals surface area contributed by atoms with Crippen LogP contribution in [-0.4, -0.2) is 41.0 Å². The fourth-order valence-corrected chi connectivity index (χ4v) is 1.24. The van der Waals surface area contributed by atoms with Crippen molar-refractivity contribution in [1.29, 1.82) is 0 Å². The molecule has 0 radical (unpaired) electrons. The van der Waals surface area contributed by atoms with Crippen LogP contribution in [0.4, 0.5) is 13.2 Å². The van der Waals surface area contributed by atoms with Crippen LogP contribution >= 0.6 is 0 Å². The average Bonchev–Trinajstić information content (AvgIpc) is 2.85.